The summed E-state index contributed by atoms with van der Waals surface area (Å²) in [4.78, 5) is 19.0. The van der Waals surface area contributed by atoms with Gasteiger partial charge in [0.15, 0.2) is 5.69 Å². The van der Waals surface area contributed by atoms with Crippen molar-refractivity contribution in [3.05, 3.63) is 24.0 Å². The predicted octanol–water partition coefficient (Wildman–Crippen LogP) is -0.406. The maximum Gasteiger partial charge on any atom is 0.248 e. The van der Waals surface area contributed by atoms with Gasteiger partial charge in [-0.25, -0.2) is 4.98 Å². The summed E-state index contributed by atoms with van der Waals surface area (Å²) in [5, 5.41) is 17.8. The summed E-state index contributed by atoms with van der Waals surface area (Å²) < 4.78 is 0. The van der Waals surface area contributed by atoms with Gasteiger partial charge in [0.25, 0.3) is 0 Å². The van der Waals surface area contributed by atoms with E-state index in [-0.39, 0.29) is 5.91 Å². The number of aliphatic hydroxyl groups excluding tert-OH is 1. The molecule has 18 heavy (non-hydrogen) atoms. The van der Waals surface area contributed by atoms with E-state index in [1.165, 1.54) is 0 Å². The monoisotopic (exact) mass is 246 g/mol. The third-order valence-electron chi connectivity index (χ3n) is 3.00. The van der Waals surface area contributed by atoms with E-state index in [2.05, 4.69) is 11.1 Å². The highest BCUT2D eigenvalue weighted by molar-refractivity contribution is 5.77. The van der Waals surface area contributed by atoms with Crippen molar-refractivity contribution in [3.63, 3.8) is 0 Å². The lowest BCUT2D eigenvalue weighted by atomic mass is 10.2. The maximum absolute atomic E-state index is 11.3. The van der Waals surface area contributed by atoms with E-state index in [9.17, 15) is 4.79 Å². The number of rotatable bonds is 2. The van der Waals surface area contributed by atoms with Crippen LogP contribution in [0.4, 0.5) is 5.69 Å². The van der Waals surface area contributed by atoms with Crippen LogP contribution in [0.15, 0.2) is 18.3 Å². The van der Waals surface area contributed by atoms with Crippen molar-refractivity contribution in [1.29, 1.82) is 5.26 Å². The largest absolute Gasteiger partial charge is 0.387 e. The minimum atomic E-state index is -0.448. The van der Waals surface area contributed by atoms with Crippen molar-refractivity contribution in [2.45, 2.75) is 0 Å². The Labute approximate surface area is 105 Å². The third kappa shape index (κ3) is 2.41. The molecular formula is C12H14N4O2. The number of hydrogen-bond donors (Lipinski definition) is 1. The van der Waals surface area contributed by atoms with Crippen LogP contribution in [0.1, 0.15) is 5.69 Å². The van der Waals surface area contributed by atoms with Crippen LogP contribution in [-0.2, 0) is 4.79 Å². The van der Waals surface area contributed by atoms with Crippen molar-refractivity contribution in [2.75, 3.05) is 37.7 Å². The van der Waals surface area contributed by atoms with E-state index >= 15 is 0 Å². The summed E-state index contributed by atoms with van der Waals surface area (Å²) in [5.41, 5.74) is 1.20. The lowest BCUT2D eigenvalue weighted by Gasteiger charge is -2.35. The van der Waals surface area contributed by atoms with Crippen LogP contribution in [0.2, 0.25) is 0 Å². The average molecular weight is 246 g/mol. The molecule has 0 saturated carbocycles. The smallest absolute Gasteiger partial charge is 0.248 e. The number of hydrogen-bond acceptors (Lipinski definition) is 5. The fourth-order valence-electron chi connectivity index (χ4n) is 2.03. The van der Waals surface area contributed by atoms with Crippen molar-refractivity contribution in [3.8, 4) is 6.07 Å². The Hall–Kier alpha value is -2.13. The summed E-state index contributed by atoms with van der Waals surface area (Å²) in [6.45, 7) is 1.95. The second-order valence-corrected chi connectivity index (χ2v) is 4.01. The fraction of sp³-hybridized carbons (Fsp3) is 0.417. The molecule has 0 aromatic carbocycles. The van der Waals surface area contributed by atoms with Gasteiger partial charge in [0.2, 0.25) is 5.91 Å². The Morgan fingerprint density at radius 2 is 2.17 bits per heavy atom. The molecule has 6 heteroatoms. The van der Waals surface area contributed by atoms with E-state index < -0.39 is 6.61 Å². The molecule has 1 aromatic heterocycles. The van der Waals surface area contributed by atoms with E-state index in [1.807, 2.05) is 11.0 Å². The molecule has 6 nitrogen and oxygen atoms in total. The topological polar surface area (TPSA) is 80.5 Å². The van der Waals surface area contributed by atoms with Crippen LogP contribution < -0.4 is 4.90 Å². The Balaban J connectivity index is 2.06. The SMILES string of the molecule is N#Cc1ncccc1N1CCN(C(=O)CO)CC1. The third-order valence-corrected chi connectivity index (χ3v) is 3.00. The van der Waals surface area contributed by atoms with Crippen LogP contribution in [0.3, 0.4) is 0 Å². The number of aliphatic hydroxyl groups is 1. The van der Waals surface area contributed by atoms with E-state index in [0.717, 1.165) is 5.69 Å². The molecule has 0 bridgehead atoms. The number of carbonyl (C=O) groups is 1. The zero-order valence-electron chi connectivity index (χ0n) is 9.91. The number of carbonyl (C=O) groups excluding carboxylic acids is 1. The van der Waals surface area contributed by atoms with Gasteiger partial charge in [-0.2, -0.15) is 5.26 Å². The number of piperazine rings is 1. The molecule has 0 atom stereocenters. The number of anilines is 1. The quantitative estimate of drug-likeness (QED) is 0.767. The Morgan fingerprint density at radius 3 is 2.78 bits per heavy atom. The van der Waals surface area contributed by atoms with Crippen LogP contribution >= 0.6 is 0 Å². The molecule has 0 unspecified atom stereocenters. The molecule has 2 heterocycles. The van der Waals surface area contributed by atoms with E-state index in [4.69, 9.17) is 10.4 Å². The van der Waals surface area contributed by atoms with Gasteiger partial charge < -0.3 is 14.9 Å². The van der Waals surface area contributed by atoms with Crippen molar-refractivity contribution >= 4 is 11.6 Å². The average Bonchev–Trinajstić information content (AvgIpc) is 2.46. The second-order valence-electron chi connectivity index (χ2n) is 4.01. The highest BCUT2D eigenvalue weighted by atomic mass is 16.3. The molecule has 2 rings (SSSR count). The standard InChI is InChI=1S/C12H14N4O2/c13-8-10-11(2-1-3-14-10)15-4-6-16(7-5-15)12(18)9-17/h1-3,17H,4-7,9H2. The van der Waals surface area contributed by atoms with Gasteiger partial charge in [-0.05, 0) is 12.1 Å². The summed E-state index contributed by atoms with van der Waals surface area (Å²) in [7, 11) is 0. The van der Waals surface area contributed by atoms with Crippen molar-refractivity contribution < 1.29 is 9.90 Å². The van der Waals surface area contributed by atoms with Gasteiger partial charge in [-0.3, -0.25) is 4.79 Å². The van der Waals surface area contributed by atoms with Crippen LogP contribution in [0, 0.1) is 11.3 Å². The first-order valence-corrected chi connectivity index (χ1v) is 5.75. The number of nitrogens with zero attached hydrogens (tertiary/aromatic N) is 4. The molecule has 1 aliphatic heterocycles. The van der Waals surface area contributed by atoms with Gasteiger partial charge in [0.05, 0.1) is 5.69 Å². The summed E-state index contributed by atoms with van der Waals surface area (Å²) in [6, 6.07) is 5.71. The zero-order chi connectivity index (χ0) is 13.0. The van der Waals surface area contributed by atoms with E-state index in [1.54, 1.807) is 17.2 Å². The minimum Gasteiger partial charge on any atom is -0.387 e. The molecule has 1 aliphatic rings. The number of aromatic nitrogens is 1. The Kier molecular flexibility index (Phi) is 3.75. The van der Waals surface area contributed by atoms with Crippen LogP contribution in [0.5, 0.6) is 0 Å². The molecule has 1 aromatic rings. The molecule has 94 valence electrons. The molecule has 0 aliphatic carbocycles. The summed E-state index contributed by atoms with van der Waals surface area (Å²) >= 11 is 0. The molecule has 1 fully saturated rings. The molecule has 1 N–H and O–H groups in total. The lowest BCUT2D eigenvalue weighted by molar-refractivity contribution is -0.134. The van der Waals surface area contributed by atoms with Crippen LogP contribution in [-0.4, -0.2) is 53.7 Å². The van der Waals surface area contributed by atoms with Gasteiger partial charge >= 0.3 is 0 Å². The first-order chi connectivity index (χ1) is 8.76. The van der Waals surface area contributed by atoms with Gasteiger partial charge in [0.1, 0.15) is 12.7 Å². The number of nitriles is 1. The normalized spacial score (nSPS) is 15.3. The fourth-order valence-corrected chi connectivity index (χ4v) is 2.03. The highest BCUT2D eigenvalue weighted by Crippen LogP contribution is 2.19. The Morgan fingerprint density at radius 1 is 1.44 bits per heavy atom. The van der Waals surface area contributed by atoms with Gasteiger partial charge in [-0.15, -0.1) is 0 Å². The van der Waals surface area contributed by atoms with Gasteiger partial charge in [0, 0.05) is 32.4 Å². The highest BCUT2D eigenvalue weighted by Gasteiger charge is 2.22. The minimum absolute atomic E-state index is 0.249. The zero-order valence-corrected chi connectivity index (χ0v) is 9.91. The number of amides is 1. The second kappa shape index (κ2) is 5.47. The summed E-state index contributed by atoms with van der Waals surface area (Å²) in [5.74, 6) is -0.249. The van der Waals surface area contributed by atoms with Crippen molar-refractivity contribution in [1.82, 2.24) is 9.88 Å². The molecule has 0 radical (unpaired) electrons. The predicted molar refractivity (Wildman–Crippen MR) is 64.8 cm³/mol. The maximum atomic E-state index is 11.3. The molecule has 0 spiro atoms. The molecule has 1 saturated heterocycles. The van der Waals surface area contributed by atoms with Crippen LogP contribution in [0.25, 0.3) is 0 Å². The Bertz CT molecular complexity index is 475. The first-order valence-electron chi connectivity index (χ1n) is 5.75. The molecular weight excluding hydrogens is 232 g/mol. The van der Waals surface area contributed by atoms with Gasteiger partial charge in [-0.1, -0.05) is 0 Å². The summed E-state index contributed by atoms with van der Waals surface area (Å²) in [6.07, 6.45) is 1.59. The molecule has 1 amide bonds. The van der Waals surface area contributed by atoms with E-state index in [0.29, 0.717) is 31.9 Å². The van der Waals surface area contributed by atoms with Crippen molar-refractivity contribution in [2.24, 2.45) is 0 Å². The first kappa shape index (κ1) is 12.3. The number of pyridine rings is 1. The lowest BCUT2D eigenvalue weighted by Crippen LogP contribution is -2.49.